The van der Waals surface area contributed by atoms with E-state index in [1.165, 1.54) is 11.1 Å². The topological polar surface area (TPSA) is 46.2 Å². The Kier molecular flexibility index (Phi) is 3.67. The lowest BCUT2D eigenvalue weighted by atomic mass is 9.96. The first-order chi connectivity index (χ1) is 6.56. The van der Waals surface area contributed by atoms with Crippen LogP contribution in [0, 0.1) is 20.8 Å². The molecule has 0 amide bonds. The average Bonchev–Trinajstić information content (AvgIpc) is 2.11. The van der Waals surface area contributed by atoms with Crippen molar-refractivity contribution in [1.29, 1.82) is 0 Å². The molecular formula is C12H19NO. The van der Waals surface area contributed by atoms with E-state index in [9.17, 15) is 5.11 Å². The molecule has 0 bridgehead atoms. The zero-order chi connectivity index (χ0) is 10.7. The van der Waals surface area contributed by atoms with Crippen LogP contribution in [0.15, 0.2) is 12.1 Å². The number of aryl methyl sites for hydroxylation is 3. The van der Waals surface area contributed by atoms with Crippen LogP contribution in [0.25, 0.3) is 0 Å². The van der Waals surface area contributed by atoms with Gasteiger partial charge in [-0.25, -0.2) is 0 Å². The molecule has 0 aliphatic heterocycles. The molecule has 0 aromatic heterocycles. The highest BCUT2D eigenvalue weighted by molar-refractivity contribution is 5.37. The van der Waals surface area contributed by atoms with Crippen molar-refractivity contribution in [2.24, 2.45) is 5.73 Å². The lowest BCUT2D eigenvalue weighted by Crippen LogP contribution is -2.08. The Morgan fingerprint density at radius 1 is 1.14 bits per heavy atom. The van der Waals surface area contributed by atoms with Gasteiger partial charge in [0.25, 0.3) is 0 Å². The van der Waals surface area contributed by atoms with Crippen molar-refractivity contribution < 1.29 is 5.11 Å². The number of hydrogen-bond acceptors (Lipinski definition) is 2. The zero-order valence-corrected chi connectivity index (χ0v) is 9.17. The smallest absolute Gasteiger partial charge is 0.0804 e. The fourth-order valence-corrected chi connectivity index (χ4v) is 1.66. The second kappa shape index (κ2) is 4.58. The predicted molar refractivity (Wildman–Crippen MR) is 59.3 cm³/mol. The Labute approximate surface area is 85.8 Å². The van der Waals surface area contributed by atoms with Crippen LogP contribution in [0.5, 0.6) is 0 Å². The standard InChI is InChI=1S/C12H19NO/c1-8-6-10(3)11(7-9(8)2)12(14)4-5-13/h6-7,12,14H,4-5,13H2,1-3H3. The molecule has 0 saturated heterocycles. The van der Waals surface area contributed by atoms with E-state index in [0.717, 1.165) is 11.1 Å². The van der Waals surface area contributed by atoms with Gasteiger partial charge in [-0.15, -0.1) is 0 Å². The Bertz CT molecular complexity index is 320. The summed E-state index contributed by atoms with van der Waals surface area (Å²) in [5, 5.41) is 9.84. The van der Waals surface area contributed by atoms with Gasteiger partial charge in [0.15, 0.2) is 0 Å². The zero-order valence-electron chi connectivity index (χ0n) is 9.17. The normalized spacial score (nSPS) is 12.9. The molecule has 2 heteroatoms. The van der Waals surface area contributed by atoms with E-state index in [1.807, 2.05) is 6.92 Å². The van der Waals surface area contributed by atoms with E-state index >= 15 is 0 Å². The number of benzene rings is 1. The Balaban J connectivity index is 3.02. The molecule has 1 aromatic carbocycles. The molecule has 78 valence electrons. The van der Waals surface area contributed by atoms with E-state index in [-0.39, 0.29) is 0 Å². The van der Waals surface area contributed by atoms with Gasteiger partial charge in [-0.1, -0.05) is 12.1 Å². The number of rotatable bonds is 3. The molecule has 0 saturated carbocycles. The maximum absolute atomic E-state index is 9.84. The van der Waals surface area contributed by atoms with Crippen molar-refractivity contribution in [3.05, 3.63) is 34.4 Å². The fourth-order valence-electron chi connectivity index (χ4n) is 1.66. The van der Waals surface area contributed by atoms with Crippen LogP contribution in [-0.2, 0) is 0 Å². The molecule has 0 spiro atoms. The molecule has 3 N–H and O–H groups in total. The first kappa shape index (κ1) is 11.2. The van der Waals surface area contributed by atoms with Crippen molar-refractivity contribution in [3.63, 3.8) is 0 Å². The Hall–Kier alpha value is -0.860. The molecule has 1 atom stereocenters. The van der Waals surface area contributed by atoms with Gasteiger partial charge in [-0.3, -0.25) is 0 Å². The number of aliphatic hydroxyl groups excluding tert-OH is 1. The molecule has 0 heterocycles. The van der Waals surface area contributed by atoms with Gasteiger partial charge in [0, 0.05) is 0 Å². The maximum atomic E-state index is 9.84. The molecule has 0 fully saturated rings. The van der Waals surface area contributed by atoms with Crippen molar-refractivity contribution in [3.8, 4) is 0 Å². The van der Waals surface area contributed by atoms with Crippen LogP contribution < -0.4 is 5.73 Å². The third kappa shape index (κ3) is 2.34. The maximum Gasteiger partial charge on any atom is 0.0804 e. The summed E-state index contributed by atoms with van der Waals surface area (Å²) in [6, 6.07) is 4.18. The van der Waals surface area contributed by atoms with E-state index in [0.29, 0.717) is 13.0 Å². The van der Waals surface area contributed by atoms with Gasteiger partial charge in [0.2, 0.25) is 0 Å². The lowest BCUT2D eigenvalue weighted by Gasteiger charge is -2.15. The average molecular weight is 193 g/mol. The molecule has 1 unspecified atom stereocenters. The summed E-state index contributed by atoms with van der Waals surface area (Å²) in [7, 11) is 0. The van der Waals surface area contributed by atoms with Crippen molar-refractivity contribution >= 4 is 0 Å². The largest absolute Gasteiger partial charge is 0.388 e. The minimum Gasteiger partial charge on any atom is -0.388 e. The molecule has 1 aromatic rings. The van der Waals surface area contributed by atoms with E-state index in [4.69, 9.17) is 5.73 Å². The first-order valence-electron chi connectivity index (χ1n) is 5.02. The summed E-state index contributed by atoms with van der Waals surface area (Å²) in [6.45, 7) is 6.70. The van der Waals surface area contributed by atoms with Crippen LogP contribution in [0.2, 0.25) is 0 Å². The Morgan fingerprint density at radius 3 is 2.29 bits per heavy atom. The molecule has 0 aliphatic rings. The van der Waals surface area contributed by atoms with E-state index < -0.39 is 6.10 Å². The second-order valence-corrected chi connectivity index (χ2v) is 3.89. The summed E-state index contributed by atoms with van der Waals surface area (Å²) in [5.41, 5.74) is 10.1. The molecule has 2 nitrogen and oxygen atoms in total. The third-order valence-electron chi connectivity index (χ3n) is 2.68. The Morgan fingerprint density at radius 2 is 1.71 bits per heavy atom. The van der Waals surface area contributed by atoms with Gasteiger partial charge in [-0.2, -0.15) is 0 Å². The molecule has 1 rings (SSSR count). The molecular weight excluding hydrogens is 174 g/mol. The second-order valence-electron chi connectivity index (χ2n) is 3.89. The quantitative estimate of drug-likeness (QED) is 0.771. The summed E-state index contributed by atoms with van der Waals surface area (Å²) < 4.78 is 0. The number of nitrogens with two attached hydrogens (primary N) is 1. The van der Waals surface area contributed by atoms with Gasteiger partial charge >= 0.3 is 0 Å². The highest BCUT2D eigenvalue weighted by Crippen LogP contribution is 2.23. The van der Waals surface area contributed by atoms with Crippen molar-refractivity contribution in [2.75, 3.05) is 6.54 Å². The van der Waals surface area contributed by atoms with Crippen LogP contribution in [0.3, 0.4) is 0 Å². The van der Waals surface area contributed by atoms with Gasteiger partial charge in [0.05, 0.1) is 6.10 Å². The lowest BCUT2D eigenvalue weighted by molar-refractivity contribution is 0.169. The van der Waals surface area contributed by atoms with Crippen LogP contribution in [0.4, 0.5) is 0 Å². The minimum absolute atomic E-state index is 0.417. The van der Waals surface area contributed by atoms with E-state index in [1.54, 1.807) is 0 Å². The van der Waals surface area contributed by atoms with E-state index in [2.05, 4.69) is 26.0 Å². The van der Waals surface area contributed by atoms with Crippen molar-refractivity contribution in [2.45, 2.75) is 33.3 Å². The molecule has 0 radical (unpaired) electrons. The number of hydrogen-bond donors (Lipinski definition) is 2. The summed E-state index contributed by atoms with van der Waals surface area (Å²) in [4.78, 5) is 0. The first-order valence-corrected chi connectivity index (χ1v) is 5.02. The fraction of sp³-hybridized carbons (Fsp3) is 0.500. The summed E-state index contributed by atoms with van der Waals surface area (Å²) >= 11 is 0. The van der Waals surface area contributed by atoms with Crippen LogP contribution in [-0.4, -0.2) is 11.7 Å². The summed E-state index contributed by atoms with van der Waals surface area (Å²) in [5.74, 6) is 0. The predicted octanol–water partition coefficient (Wildman–Crippen LogP) is 1.99. The minimum atomic E-state index is -0.417. The molecule has 14 heavy (non-hydrogen) atoms. The SMILES string of the molecule is Cc1cc(C)c(C(O)CCN)cc1C. The number of aliphatic hydroxyl groups is 1. The van der Waals surface area contributed by atoms with Gasteiger partial charge < -0.3 is 10.8 Å². The third-order valence-corrected chi connectivity index (χ3v) is 2.68. The van der Waals surface area contributed by atoms with Crippen LogP contribution in [0.1, 0.15) is 34.8 Å². The van der Waals surface area contributed by atoms with Gasteiger partial charge in [0.1, 0.15) is 0 Å². The van der Waals surface area contributed by atoms with Crippen molar-refractivity contribution in [1.82, 2.24) is 0 Å². The van der Waals surface area contributed by atoms with Crippen LogP contribution >= 0.6 is 0 Å². The summed E-state index contributed by atoms with van der Waals surface area (Å²) in [6.07, 6.45) is 0.211. The van der Waals surface area contributed by atoms with Gasteiger partial charge in [-0.05, 0) is 56.0 Å². The highest BCUT2D eigenvalue weighted by atomic mass is 16.3. The molecule has 0 aliphatic carbocycles. The monoisotopic (exact) mass is 193 g/mol. The highest BCUT2D eigenvalue weighted by Gasteiger charge is 2.10.